The van der Waals surface area contributed by atoms with Crippen molar-refractivity contribution in [2.45, 2.75) is 92.1 Å². The summed E-state index contributed by atoms with van der Waals surface area (Å²) in [7, 11) is 0. The molecule has 0 spiro atoms. The first kappa shape index (κ1) is 27.9. The van der Waals surface area contributed by atoms with Crippen LogP contribution in [0.4, 0.5) is 0 Å². The van der Waals surface area contributed by atoms with Gasteiger partial charge in [-0.2, -0.15) is 0 Å². The molecule has 3 fully saturated rings. The van der Waals surface area contributed by atoms with Crippen molar-refractivity contribution in [2.24, 2.45) is 0 Å². The van der Waals surface area contributed by atoms with Crippen LogP contribution in [0.2, 0.25) is 0 Å². The van der Waals surface area contributed by atoms with Gasteiger partial charge in [0.25, 0.3) is 0 Å². The first-order chi connectivity index (χ1) is 16.0. The summed E-state index contributed by atoms with van der Waals surface area (Å²) in [5.41, 5.74) is 0. The number of aliphatic hydroxyl groups excluding tert-OH is 11. The third-order valence-electron chi connectivity index (χ3n) is 6.07. The molecule has 3 aliphatic rings. The second kappa shape index (κ2) is 11.6. The normalized spacial score (nSPS) is 52.5. The van der Waals surface area contributed by atoms with Crippen LogP contribution in [0.1, 0.15) is 0 Å². The molecular formula is C18H32O16. The molecular weight excluding hydrogens is 472 g/mol. The Hall–Kier alpha value is -0.640. The molecule has 200 valence electrons. The predicted octanol–water partition coefficient (Wildman–Crippen LogP) is -7.57. The van der Waals surface area contributed by atoms with Crippen LogP contribution in [-0.4, -0.2) is 168 Å². The highest BCUT2D eigenvalue weighted by molar-refractivity contribution is 4.94. The van der Waals surface area contributed by atoms with E-state index in [1.54, 1.807) is 0 Å². The minimum absolute atomic E-state index is 0.577. The van der Waals surface area contributed by atoms with E-state index in [0.717, 1.165) is 0 Å². The lowest BCUT2D eigenvalue weighted by molar-refractivity contribution is -0.363. The first-order valence-electron chi connectivity index (χ1n) is 10.6. The van der Waals surface area contributed by atoms with Gasteiger partial charge in [-0.3, -0.25) is 0 Å². The molecule has 34 heavy (non-hydrogen) atoms. The van der Waals surface area contributed by atoms with E-state index in [-0.39, 0.29) is 0 Å². The Bertz CT molecular complexity index is 637. The third kappa shape index (κ3) is 5.52. The molecule has 11 N–H and O–H groups in total. The topological polar surface area (TPSA) is 269 Å². The number of hydrogen-bond acceptors (Lipinski definition) is 16. The van der Waals surface area contributed by atoms with Crippen molar-refractivity contribution in [2.75, 3.05) is 19.8 Å². The SMILES string of the molecule is OC[C@H]1O[C@@H](O[C@H]2[C@H](O)[C@@H](O)[C@H](OC[C@H]3O[C@@H](O)[C@H](O)[C@@H](O)[C@@H]3O)O[C@@H]2CO)[C@H](O)[C@@H](O)[C@H]1O. The highest BCUT2D eigenvalue weighted by Gasteiger charge is 2.51. The van der Waals surface area contributed by atoms with Gasteiger partial charge in [0.1, 0.15) is 73.2 Å². The highest BCUT2D eigenvalue weighted by Crippen LogP contribution is 2.30. The fourth-order valence-electron chi connectivity index (χ4n) is 3.95. The monoisotopic (exact) mass is 504 g/mol. The zero-order chi connectivity index (χ0) is 25.3. The van der Waals surface area contributed by atoms with Crippen LogP contribution in [0, 0.1) is 0 Å². The zero-order valence-electron chi connectivity index (χ0n) is 17.7. The quantitative estimate of drug-likeness (QED) is 0.154. The molecule has 3 saturated heterocycles. The second-order valence-corrected chi connectivity index (χ2v) is 8.37. The highest BCUT2D eigenvalue weighted by atomic mass is 16.7. The maximum absolute atomic E-state index is 10.5. The molecule has 0 radical (unpaired) electrons. The molecule has 0 aromatic carbocycles. The molecule has 3 heterocycles. The minimum atomic E-state index is -1.82. The molecule has 3 rings (SSSR count). The molecule has 3 aliphatic heterocycles. The molecule has 0 bridgehead atoms. The van der Waals surface area contributed by atoms with Gasteiger partial charge in [0.15, 0.2) is 18.9 Å². The zero-order valence-corrected chi connectivity index (χ0v) is 17.7. The van der Waals surface area contributed by atoms with Gasteiger partial charge < -0.3 is 79.9 Å². The van der Waals surface area contributed by atoms with Gasteiger partial charge >= 0.3 is 0 Å². The molecule has 0 aromatic heterocycles. The van der Waals surface area contributed by atoms with E-state index < -0.39 is 112 Å². The van der Waals surface area contributed by atoms with Crippen molar-refractivity contribution in [1.29, 1.82) is 0 Å². The smallest absolute Gasteiger partial charge is 0.187 e. The Labute approximate surface area is 192 Å². The molecule has 0 aromatic rings. The number of aliphatic hydroxyl groups is 11. The minimum Gasteiger partial charge on any atom is -0.394 e. The summed E-state index contributed by atoms with van der Waals surface area (Å²) in [6.07, 6.45) is -24.7. The van der Waals surface area contributed by atoms with Crippen molar-refractivity contribution >= 4 is 0 Å². The molecule has 0 unspecified atom stereocenters. The Kier molecular flexibility index (Phi) is 9.54. The standard InChI is InChI=1S/C18H32O16/c19-1-4-7(21)10(24)13(27)18(32-4)34-15-5(2-20)33-17(14(28)11(15)25)30-3-6-8(22)9(23)12(26)16(29)31-6/h4-29H,1-3H2/t4-,5-,6-,7+,8-,9+,10+,11-,12-,13-,14-,15-,16-,17-,18+/m1/s1. The predicted molar refractivity (Wildman–Crippen MR) is 101 cm³/mol. The summed E-state index contributed by atoms with van der Waals surface area (Å²) in [6, 6.07) is 0. The lowest BCUT2D eigenvalue weighted by Crippen LogP contribution is -2.65. The summed E-state index contributed by atoms with van der Waals surface area (Å²) in [4.78, 5) is 0. The van der Waals surface area contributed by atoms with Crippen LogP contribution in [0.5, 0.6) is 0 Å². The summed E-state index contributed by atoms with van der Waals surface area (Å²) >= 11 is 0. The fourth-order valence-corrected chi connectivity index (χ4v) is 3.95. The van der Waals surface area contributed by atoms with Crippen LogP contribution in [0.25, 0.3) is 0 Å². The fraction of sp³-hybridized carbons (Fsp3) is 1.00. The van der Waals surface area contributed by atoms with Crippen LogP contribution in [0.3, 0.4) is 0 Å². The van der Waals surface area contributed by atoms with Gasteiger partial charge in [0, 0.05) is 0 Å². The van der Waals surface area contributed by atoms with E-state index in [1.807, 2.05) is 0 Å². The largest absolute Gasteiger partial charge is 0.394 e. The Morgan fingerprint density at radius 1 is 0.500 bits per heavy atom. The summed E-state index contributed by atoms with van der Waals surface area (Å²) in [6.45, 7) is -2.09. The number of hydrogen-bond donors (Lipinski definition) is 11. The molecule has 15 atom stereocenters. The van der Waals surface area contributed by atoms with Gasteiger partial charge in [0.05, 0.1) is 19.8 Å². The van der Waals surface area contributed by atoms with E-state index in [0.29, 0.717) is 0 Å². The molecule has 16 nitrogen and oxygen atoms in total. The second-order valence-electron chi connectivity index (χ2n) is 8.37. The molecule has 0 aliphatic carbocycles. The lowest BCUT2D eigenvalue weighted by atomic mass is 9.97. The van der Waals surface area contributed by atoms with E-state index in [9.17, 15) is 56.2 Å². The maximum Gasteiger partial charge on any atom is 0.187 e. The van der Waals surface area contributed by atoms with Crippen molar-refractivity contribution < 1.29 is 79.9 Å². The number of rotatable bonds is 7. The van der Waals surface area contributed by atoms with Gasteiger partial charge in [-0.25, -0.2) is 0 Å². The van der Waals surface area contributed by atoms with Crippen LogP contribution in [-0.2, 0) is 23.7 Å². The van der Waals surface area contributed by atoms with Crippen molar-refractivity contribution in [3.05, 3.63) is 0 Å². The van der Waals surface area contributed by atoms with Gasteiger partial charge in [-0.1, -0.05) is 0 Å². The molecule has 0 saturated carbocycles. The molecule has 16 heteroatoms. The van der Waals surface area contributed by atoms with Crippen LogP contribution >= 0.6 is 0 Å². The Morgan fingerprint density at radius 2 is 1.03 bits per heavy atom. The van der Waals surface area contributed by atoms with E-state index >= 15 is 0 Å². The Balaban J connectivity index is 1.63. The van der Waals surface area contributed by atoms with Gasteiger partial charge in [-0.15, -0.1) is 0 Å². The maximum atomic E-state index is 10.5. The average molecular weight is 504 g/mol. The van der Waals surface area contributed by atoms with Crippen LogP contribution in [0.15, 0.2) is 0 Å². The Morgan fingerprint density at radius 3 is 1.65 bits per heavy atom. The van der Waals surface area contributed by atoms with Gasteiger partial charge in [-0.05, 0) is 0 Å². The summed E-state index contributed by atoms with van der Waals surface area (Å²) in [5, 5.41) is 109. The lowest BCUT2D eigenvalue weighted by Gasteiger charge is -2.46. The summed E-state index contributed by atoms with van der Waals surface area (Å²) in [5.74, 6) is 0. The van der Waals surface area contributed by atoms with Crippen LogP contribution < -0.4 is 0 Å². The first-order valence-corrected chi connectivity index (χ1v) is 10.6. The average Bonchev–Trinajstić information content (AvgIpc) is 2.83. The summed E-state index contributed by atoms with van der Waals surface area (Å²) < 4.78 is 26.2. The number of ether oxygens (including phenoxy) is 5. The third-order valence-corrected chi connectivity index (χ3v) is 6.07. The van der Waals surface area contributed by atoms with E-state index in [1.165, 1.54) is 0 Å². The van der Waals surface area contributed by atoms with Crippen molar-refractivity contribution in [3.63, 3.8) is 0 Å². The van der Waals surface area contributed by atoms with Crippen molar-refractivity contribution in [3.8, 4) is 0 Å². The van der Waals surface area contributed by atoms with Crippen molar-refractivity contribution in [1.82, 2.24) is 0 Å². The van der Waals surface area contributed by atoms with E-state index in [4.69, 9.17) is 23.7 Å². The van der Waals surface area contributed by atoms with E-state index in [2.05, 4.69) is 0 Å². The molecule has 0 amide bonds. The van der Waals surface area contributed by atoms with Gasteiger partial charge in [0.2, 0.25) is 0 Å².